The fraction of sp³-hybridized carbons (Fsp3) is 0.600. The number of hydrogen-bond donors (Lipinski definition) is 1. The quantitative estimate of drug-likeness (QED) is 0.848. The normalized spacial score (nSPS) is 19.2. The largest absolute Gasteiger partial charge is 0.316 e. The minimum atomic E-state index is 0.346. The summed E-state index contributed by atoms with van der Waals surface area (Å²) in [6, 6.07) is 8.48. The molecule has 0 atom stereocenters. The van der Waals surface area contributed by atoms with Gasteiger partial charge in [-0.25, -0.2) is 0 Å². The van der Waals surface area contributed by atoms with Gasteiger partial charge in [0.05, 0.1) is 0 Å². The van der Waals surface area contributed by atoms with Crippen molar-refractivity contribution in [2.75, 3.05) is 13.1 Å². The molecule has 1 aromatic carbocycles. The molecular weight excluding hydrogens is 230 g/mol. The molecule has 0 unspecified atom stereocenters. The Morgan fingerprint density at radius 2 is 1.76 bits per heavy atom. The number of benzene rings is 1. The van der Waals surface area contributed by atoms with E-state index in [1.807, 2.05) is 12.1 Å². The molecule has 2 rings (SSSR count). The van der Waals surface area contributed by atoms with Gasteiger partial charge in [-0.1, -0.05) is 49.9 Å². The Bertz CT molecular complexity index is 338. The Labute approximate surface area is 110 Å². The van der Waals surface area contributed by atoms with E-state index in [2.05, 4.69) is 24.4 Å². The predicted molar refractivity (Wildman–Crippen MR) is 74.8 cm³/mol. The lowest BCUT2D eigenvalue weighted by atomic mass is 9.69. The molecule has 1 N–H and O–H groups in total. The molecule has 0 aliphatic heterocycles. The highest BCUT2D eigenvalue weighted by atomic mass is 35.5. The van der Waals surface area contributed by atoms with Crippen molar-refractivity contribution in [1.82, 2.24) is 5.32 Å². The molecule has 1 fully saturated rings. The van der Waals surface area contributed by atoms with Gasteiger partial charge in [-0.3, -0.25) is 0 Å². The fourth-order valence-electron chi connectivity index (χ4n) is 2.96. The minimum Gasteiger partial charge on any atom is -0.316 e. The molecule has 1 nitrogen and oxygen atoms in total. The van der Waals surface area contributed by atoms with Crippen molar-refractivity contribution in [3.8, 4) is 0 Å². The Kier molecular flexibility index (Phi) is 4.47. The van der Waals surface area contributed by atoms with E-state index >= 15 is 0 Å². The van der Waals surface area contributed by atoms with Gasteiger partial charge in [-0.15, -0.1) is 0 Å². The molecule has 0 heterocycles. The lowest BCUT2D eigenvalue weighted by molar-refractivity contribution is 0.282. The third-order valence-electron chi connectivity index (χ3n) is 3.98. The summed E-state index contributed by atoms with van der Waals surface area (Å²) in [6.45, 7) is 4.33. The third kappa shape index (κ3) is 3.02. The molecule has 17 heavy (non-hydrogen) atoms. The van der Waals surface area contributed by atoms with Crippen molar-refractivity contribution in [3.05, 3.63) is 34.9 Å². The van der Waals surface area contributed by atoms with Gasteiger partial charge in [-0.05, 0) is 37.1 Å². The highest BCUT2D eigenvalue weighted by Gasteiger charge is 2.33. The SMILES string of the molecule is CCNCC1(c2ccc(Cl)cc2)CCCCC1. The van der Waals surface area contributed by atoms with Crippen LogP contribution in [0.4, 0.5) is 0 Å². The molecule has 0 aromatic heterocycles. The number of hydrogen-bond acceptors (Lipinski definition) is 1. The van der Waals surface area contributed by atoms with Crippen LogP contribution in [0, 0.1) is 0 Å². The second-order valence-electron chi connectivity index (χ2n) is 5.13. The van der Waals surface area contributed by atoms with Crippen LogP contribution in [0.3, 0.4) is 0 Å². The summed E-state index contributed by atoms with van der Waals surface area (Å²) in [5.41, 5.74) is 1.81. The van der Waals surface area contributed by atoms with E-state index in [0.717, 1.165) is 18.1 Å². The first-order valence-corrected chi connectivity index (χ1v) is 7.11. The summed E-state index contributed by atoms with van der Waals surface area (Å²) in [7, 11) is 0. The van der Waals surface area contributed by atoms with Crippen molar-refractivity contribution in [3.63, 3.8) is 0 Å². The fourth-order valence-corrected chi connectivity index (χ4v) is 3.09. The van der Waals surface area contributed by atoms with Crippen molar-refractivity contribution < 1.29 is 0 Å². The van der Waals surface area contributed by atoms with Crippen LogP contribution in [-0.4, -0.2) is 13.1 Å². The summed E-state index contributed by atoms with van der Waals surface area (Å²) >= 11 is 5.98. The first-order valence-electron chi connectivity index (χ1n) is 6.74. The van der Waals surface area contributed by atoms with E-state index in [1.54, 1.807) is 0 Å². The van der Waals surface area contributed by atoms with E-state index in [-0.39, 0.29) is 0 Å². The third-order valence-corrected chi connectivity index (χ3v) is 4.23. The van der Waals surface area contributed by atoms with Crippen molar-refractivity contribution in [2.45, 2.75) is 44.4 Å². The second-order valence-corrected chi connectivity index (χ2v) is 5.56. The van der Waals surface area contributed by atoms with Crippen LogP contribution in [0.15, 0.2) is 24.3 Å². The first-order chi connectivity index (χ1) is 8.27. The summed E-state index contributed by atoms with van der Waals surface area (Å²) in [6.07, 6.45) is 6.72. The lowest BCUT2D eigenvalue weighted by Gasteiger charge is -2.38. The van der Waals surface area contributed by atoms with Crippen LogP contribution in [0.2, 0.25) is 5.02 Å². The van der Waals surface area contributed by atoms with Gasteiger partial charge in [0.25, 0.3) is 0 Å². The van der Waals surface area contributed by atoms with Crippen LogP contribution >= 0.6 is 11.6 Å². The number of nitrogens with one attached hydrogen (secondary N) is 1. The van der Waals surface area contributed by atoms with Gasteiger partial charge < -0.3 is 5.32 Å². The molecule has 1 aliphatic rings. The molecule has 0 bridgehead atoms. The molecule has 1 saturated carbocycles. The summed E-state index contributed by atoms with van der Waals surface area (Å²) in [5.74, 6) is 0. The van der Waals surface area contributed by atoms with Gasteiger partial charge in [0, 0.05) is 17.0 Å². The van der Waals surface area contributed by atoms with Gasteiger partial charge in [0.2, 0.25) is 0 Å². The summed E-state index contributed by atoms with van der Waals surface area (Å²) in [5, 5.41) is 4.38. The van der Waals surface area contributed by atoms with E-state index < -0.39 is 0 Å². The monoisotopic (exact) mass is 251 g/mol. The van der Waals surface area contributed by atoms with Crippen LogP contribution in [0.25, 0.3) is 0 Å². The number of rotatable bonds is 4. The second kappa shape index (κ2) is 5.88. The molecule has 0 radical (unpaired) electrons. The van der Waals surface area contributed by atoms with Gasteiger partial charge in [0.15, 0.2) is 0 Å². The van der Waals surface area contributed by atoms with Gasteiger partial charge in [-0.2, -0.15) is 0 Å². The molecule has 1 aromatic rings. The van der Waals surface area contributed by atoms with E-state index in [1.165, 1.54) is 37.7 Å². The molecule has 0 amide bonds. The smallest absolute Gasteiger partial charge is 0.0406 e. The highest BCUT2D eigenvalue weighted by molar-refractivity contribution is 6.30. The van der Waals surface area contributed by atoms with Crippen LogP contribution in [0.1, 0.15) is 44.6 Å². The van der Waals surface area contributed by atoms with Gasteiger partial charge in [0.1, 0.15) is 0 Å². The Morgan fingerprint density at radius 3 is 2.35 bits per heavy atom. The maximum Gasteiger partial charge on any atom is 0.0406 e. The van der Waals surface area contributed by atoms with E-state index in [9.17, 15) is 0 Å². The molecule has 0 spiro atoms. The zero-order valence-electron chi connectivity index (χ0n) is 10.6. The summed E-state index contributed by atoms with van der Waals surface area (Å²) < 4.78 is 0. The van der Waals surface area contributed by atoms with E-state index in [0.29, 0.717) is 5.41 Å². The van der Waals surface area contributed by atoms with Crippen molar-refractivity contribution in [1.29, 1.82) is 0 Å². The summed E-state index contributed by atoms with van der Waals surface area (Å²) in [4.78, 5) is 0. The van der Waals surface area contributed by atoms with Crippen LogP contribution in [-0.2, 0) is 5.41 Å². The maximum atomic E-state index is 5.98. The molecule has 1 aliphatic carbocycles. The molecule has 94 valence electrons. The average molecular weight is 252 g/mol. The van der Waals surface area contributed by atoms with Crippen LogP contribution in [0.5, 0.6) is 0 Å². The maximum absolute atomic E-state index is 5.98. The molecule has 0 saturated heterocycles. The first kappa shape index (κ1) is 12.9. The highest BCUT2D eigenvalue weighted by Crippen LogP contribution is 2.39. The Morgan fingerprint density at radius 1 is 1.12 bits per heavy atom. The molecule has 2 heteroatoms. The zero-order chi connectivity index (χ0) is 12.1. The van der Waals surface area contributed by atoms with Gasteiger partial charge >= 0.3 is 0 Å². The molecular formula is C15H22ClN. The number of likely N-dealkylation sites (N-methyl/N-ethyl adjacent to an activating group) is 1. The lowest BCUT2D eigenvalue weighted by Crippen LogP contribution is -2.39. The number of halogens is 1. The van der Waals surface area contributed by atoms with E-state index in [4.69, 9.17) is 11.6 Å². The van der Waals surface area contributed by atoms with Crippen LogP contribution < -0.4 is 5.32 Å². The predicted octanol–water partition coefficient (Wildman–Crippen LogP) is 4.15. The topological polar surface area (TPSA) is 12.0 Å². The Balaban J connectivity index is 2.21. The van der Waals surface area contributed by atoms with Crippen molar-refractivity contribution in [2.24, 2.45) is 0 Å². The Hall–Kier alpha value is -0.530. The standard InChI is InChI=1S/C15H22ClN/c1-2-17-12-15(10-4-3-5-11-15)13-6-8-14(16)9-7-13/h6-9,17H,2-5,10-12H2,1H3. The zero-order valence-corrected chi connectivity index (χ0v) is 11.4. The minimum absolute atomic E-state index is 0.346. The van der Waals surface area contributed by atoms with Crippen molar-refractivity contribution >= 4 is 11.6 Å². The average Bonchev–Trinajstić information content (AvgIpc) is 2.38.